The minimum Gasteiger partial charge on any atom is -0.495 e. The summed E-state index contributed by atoms with van der Waals surface area (Å²) < 4.78 is 58.8. The predicted octanol–water partition coefficient (Wildman–Crippen LogP) is 2.03. The molecule has 0 aliphatic rings. The molecule has 0 spiro atoms. The first-order chi connectivity index (χ1) is 14.7. The summed E-state index contributed by atoms with van der Waals surface area (Å²) in [6.45, 7) is 3.98. The Labute approximate surface area is 183 Å². The van der Waals surface area contributed by atoms with E-state index >= 15 is 0 Å². The van der Waals surface area contributed by atoms with Crippen LogP contribution in [0, 0.1) is 0 Å². The van der Waals surface area contributed by atoms with Gasteiger partial charge in [0.1, 0.15) is 5.75 Å². The van der Waals surface area contributed by atoms with Crippen LogP contribution in [0.1, 0.15) is 20.3 Å². The SMILES string of the molecule is CCN(CC)S(=O)(=O)c1ccc(OC)c(NC(=O)CCNS(=O)(=O)c2ccccc2)c1. The van der Waals surface area contributed by atoms with Gasteiger partial charge in [-0.1, -0.05) is 32.0 Å². The molecular formula is C20H27N3O6S2. The summed E-state index contributed by atoms with van der Waals surface area (Å²) in [5.74, 6) is -0.205. The Morgan fingerprint density at radius 2 is 1.61 bits per heavy atom. The van der Waals surface area contributed by atoms with Gasteiger partial charge in [-0.3, -0.25) is 4.79 Å². The molecule has 0 atom stereocenters. The van der Waals surface area contributed by atoms with Gasteiger partial charge in [-0.05, 0) is 30.3 Å². The lowest BCUT2D eigenvalue weighted by atomic mass is 10.2. The van der Waals surface area contributed by atoms with Gasteiger partial charge in [0.2, 0.25) is 26.0 Å². The molecule has 0 bridgehead atoms. The third-order valence-corrected chi connectivity index (χ3v) is 8.01. The molecule has 11 heteroatoms. The van der Waals surface area contributed by atoms with Crippen LogP contribution in [-0.2, 0) is 24.8 Å². The van der Waals surface area contributed by atoms with Crippen LogP contribution in [0.5, 0.6) is 5.75 Å². The second-order valence-corrected chi connectivity index (χ2v) is 10.2. The standard InChI is InChI=1S/C20H27N3O6S2/c1-4-23(5-2)31(27,28)17-11-12-19(29-3)18(15-17)22-20(24)13-14-21-30(25,26)16-9-7-6-8-10-16/h6-12,15,21H,4-5,13-14H2,1-3H3,(H,22,24). The number of carbonyl (C=O) groups is 1. The van der Waals surface area contributed by atoms with E-state index in [1.807, 2.05) is 0 Å². The van der Waals surface area contributed by atoms with E-state index in [-0.39, 0.29) is 34.2 Å². The molecule has 9 nitrogen and oxygen atoms in total. The zero-order valence-electron chi connectivity index (χ0n) is 17.7. The van der Waals surface area contributed by atoms with E-state index in [2.05, 4.69) is 10.0 Å². The highest BCUT2D eigenvalue weighted by molar-refractivity contribution is 7.89. The first kappa shape index (κ1) is 24.8. The van der Waals surface area contributed by atoms with Gasteiger partial charge in [-0.15, -0.1) is 0 Å². The van der Waals surface area contributed by atoms with Gasteiger partial charge in [0.05, 0.1) is 22.6 Å². The summed E-state index contributed by atoms with van der Waals surface area (Å²) in [6.07, 6.45) is -0.151. The van der Waals surface area contributed by atoms with Crippen molar-refractivity contribution in [3.63, 3.8) is 0 Å². The van der Waals surface area contributed by atoms with Crippen LogP contribution in [0.3, 0.4) is 0 Å². The Morgan fingerprint density at radius 1 is 0.968 bits per heavy atom. The largest absolute Gasteiger partial charge is 0.495 e. The number of hydrogen-bond acceptors (Lipinski definition) is 6. The van der Waals surface area contributed by atoms with Crippen LogP contribution < -0.4 is 14.8 Å². The number of anilines is 1. The van der Waals surface area contributed by atoms with E-state index in [0.29, 0.717) is 13.1 Å². The fourth-order valence-electron chi connectivity index (χ4n) is 2.85. The molecule has 170 valence electrons. The van der Waals surface area contributed by atoms with Gasteiger partial charge < -0.3 is 10.1 Å². The normalized spacial score (nSPS) is 12.0. The van der Waals surface area contributed by atoms with Gasteiger partial charge in [0.15, 0.2) is 0 Å². The molecule has 2 rings (SSSR count). The average Bonchev–Trinajstić information content (AvgIpc) is 2.74. The fraction of sp³-hybridized carbons (Fsp3) is 0.350. The van der Waals surface area contributed by atoms with Crippen LogP contribution in [0.4, 0.5) is 5.69 Å². The Morgan fingerprint density at radius 3 is 2.19 bits per heavy atom. The number of nitrogens with one attached hydrogen (secondary N) is 2. The molecule has 31 heavy (non-hydrogen) atoms. The van der Waals surface area contributed by atoms with Crippen LogP contribution >= 0.6 is 0 Å². The van der Waals surface area contributed by atoms with Crippen LogP contribution in [0.15, 0.2) is 58.3 Å². The molecule has 0 aromatic heterocycles. The van der Waals surface area contributed by atoms with Gasteiger partial charge in [-0.2, -0.15) is 4.31 Å². The highest BCUT2D eigenvalue weighted by Gasteiger charge is 2.23. The van der Waals surface area contributed by atoms with Crippen molar-refractivity contribution in [2.75, 3.05) is 32.1 Å². The number of sulfonamides is 2. The molecule has 0 heterocycles. The lowest BCUT2D eigenvalue weighted by Crippen LogP contribution is -2.30. The Balaban J connectivity index is 2.10. The van der Waals surface area contributed by atoms with Gasteiger partial charge in [-0.25, -0.2) is 21.6 Å². The summed E-state index contributed by atoms with van der Waals surface area (Å²) >= 11 is 0. The van der Waals surface area contributed by atoms with E-state index in [1.165, 1.54) is 41.7 Å². The highest BCUT2D eigenvalue weighted by atomic mass is 32.2. The number of benzene rings is 2. The van der Waals surface area contributed by atoms with Crippen LogP contribution in [-0.4, -0.2) is 53.8 Å². The van der Waals surface area contributed by atoms with Crippen molar-refractivity contribution in [3.8, 4) is 5.75 Å². The average molecular weight is 470 g/mol. The summed E-state index contributed by atoms with van der Waals surface area (Å²) in [7, 11) is -6.04. The number of nitrogens with zero attached hydrogens (tertiary/aromatic N) is 1. The number of carbonyl (C=O) groups excluding carboxylic acids is 1. The van der Waals surface area contributed by atoms with Crippen molar-refractivity contribution >= 4 is 31.6 Å². The number of ether oxygens (including phenoxy) is 1. The van der Waals surface area contributed by atoms with Gasteiger partial charge >= 0.3 is 0 Å². The molecule has 0 unspecified atom stereocenters. The van der Waals surface area contributed by atoms with Crippen molar-refractivity contribution in [1.29, 1.82) is 0 Å². The topological polar surface area (TPSA) is 122 Å². The maximum Gasteiger partial charge on any atom is 0.243 e. The lowest BCUT2D eigenvalue weighted by molar-refractivity contribution is -0.116. The van der Waals surface area contributed by atoms with E-state index in [0.717, 1.165) is 0 Å². The number of methoxy groups -OCH3 is 1. The smallest absolute Gasteiger partial charge is 0.243 e. The summed E-state index contributed by atoms with van der Waals surface area (Å²) in [5, 5.41) is 2.59. The van der Waals surface area contributed by atoms with Crippen molar-refractivity contribution in [1.82, 2.24) is 9.03 Å². The Bertz CT molecular complexity index is 1100. The van der Waals surface area contributed by atoms with E-state index in [9.17, 15) is 21.6 Å². The van der Waals surface area contributed by atoms with Crippen molar-refractivity contribution in [2.24, 2.45) is 0 Å². The predicted molar refractivity (Wildman–Crippen MR) is 118 cm³/mol. The fourth-order valence-corrected chi connectivity index (χ4v) is 5.39. The molecule has 2 aromatic carbocycles. The first-order valence-electron chi connectivity index (χ1n) is 9.68. The molecule has 0 aliphatic heterocycles. The van der Waals surface area contributed by atoms with Gasteiger partial charge in [0, 0.05) is 26.1 Å². The maximum absolute atomic E-state index is 12.7. The van der Waals surface area contributed by atoms with Crippen molar-refractivity contribution in [2.45, 2.75) is 30.1 Å². The molecular weight excluding hydrogens is 442 g/mol. The van der Waals surface area contributed by atoms with Crippen molar-refractivity contribution < 1.29 is 26.4 Å². The molecule has 0 aliphatic carbocycles. The molecule has 2 aromatic rings. The summed E-state index contributed by atoms with van der Waals surface area (Å²) in [5.41, 5.74) is 0.187. The Hall–Kier alpha value is -2.47. The second kappa shape index (κ2) is 10.7. The molecule has 2 N–H and O–H groups in total. The summed E-state index contributed by atoms with van der Waals surface area (Å²) in [6, 6.07) is 12.0. The Kier molecular flexibility index (Phi) is 8.57. The maximum atomic E-state index is 12.7. The minimum atomic E-state index is -3.72. The third kappa shape index (κ3) is 6.26. The second-order valence-electron chi connectivity index (χ2n) is 6.46. The van der Waals surface area contributed by atoms with E-state index < -0.39 is 26.0 Å². The quantitative estimate of drug-likeness (QED) is 0.519. The van der Waals surface area contributed by atoms with Crippen molar-refractivity contribution in [3.05, 3.63) is 48.5 Å². The third-order valence-electron chi connectivity index (χ3n) is 4.49. The number of rotatable bonds is 11. The zero-order chi connectivity index (χ0) is 23.1. The lowest BCUT2D eigenvalue weighted by Gasteiger charge is -2.19. The monoisotopic (exact) mass is 469 g/mol. The first-order valence-corrected chi connectivity index (χ1v) is 12.6. The number of hydrogen-bond donors (Lipinski definition) is 2. The molecule has 0 radical (unpaired) electrons. The van der Waals surface area contributed by atoms with E-state index in [1.54, 1.807) is 32.0 Å². The number of amides is 1. The zero-order valence-corrected chi connectivity index (χ0v) is 19.3. The van der Waals surface area contributed by atoms with E-state index in [4.69, 9.17) is 4.74 Å². The van der Waals surface area contributed by atoms with Crippen LogP contribution in [0.2, 0.25) is 0 Å². The highest BCUT2D eigenvalue weighted by Crippen LogP contribution is 2.29. The summed E-state index contributed by atoms with van der Waals surface area (Å²) in [4.78, 5) is 12.5. The van der Waals surface area contributed by atoms with Crippen LogP contribution in [0.25, 0.3) is 0 Å². The minimum absolute atomic E-state index is 0.0251. The van der Waals surface area contributed by atoms with Gasteiger partial charge in [0.25, 0.3) is 0 Å². The molecule has 0 saturated heterocycles. The molecule has 0 fully saturated rings. The molecule has 0 saturated carbocycles. The molecule has 1 amide bonds.